The molecule has 0 spiro atoms. The van der Waals surface area contributed by atoms with Crippen molar-refractivity contribution in [2.75, 3.05) is 40.1 Å². The van der Waals surface area contributed by atoms with Crippen LogP contribution in [0.5, 0.6) is 0 Å². The van der Waals surface area contributed by atoms with E-state index in [1.165, 1.54) is 5.56 Å². The molecule has 0 bridgehead atoms. The van der Waals surface area contributed by atoms with E-state index in [0.29, 0.717) is 0 Å². The molecule has 0 aromatic heterocycles. The van der Waals surface area contributed by atoms with Crippen LogP contribution in [-0.2, 0) is 11.3 Å². The normalized spacial score (nSPS) is 17.8. The minimum Gasteiger partial charge on any atom is -0.381 e. The summed E-state index contributed by atoms with van der Waals surface area (Å²) in [5.41, 5.74) is 1.27. The molecule has 1 aromatic rings. The van der Waals surface area contributed by atoms with Crippen LogP contribution in [0.1, 0.15) is 18.4 Å². The Morgan fingerprint density at radius 3 is 2.57 bits per heavy atom. The molecule has 1 saturated heterocycles. The standard InChI is InChI=1S/C17H26BrN3OS/c1-19-16(20-13-17(23-3)8-10-22-11-9-17)21(2)12-14-4-6-15(18)7-5-14/h4-7H,8-13H2,1-3H3,(H,19,20). The third kappa shape index (κ3) is 5.40. The van der Waals surface area contributed by atoms with Crippen LogP contribution in [0.4, 0.5) is 0 Å². The molecule has 0 amide bonds. The highest BCUT2D eigenvalue weighted by molar-refractivity contribution is 9.10. The summed E-state index contributed by atoms with van der Waals surface area (Å²) < 4.78 is 6.87. The number of ether oxygens (including phenoxy) is 1. The molecule has 1 aromatic carbocycles. The van der Waals surface area contributed by atoms with E-state index in [1.54, 1.807) is 0 Å². The molecule has 0 atom stereocenters. The Morgan fingerprint density at radius 2 is 2.00 bits per heavy atom. The van der Waals surface area contributed by atoms with Crippen molar-refractivity contribution >= 4 is 33.7 Å². The predicted molar refractivity (Wildman–Crippen MR) is 103 cm³/mol. The maximum Gasteiger partial charge on any atom is 0.193 e. The van der Waals surface area contributed by atoms with Gasteiger partial charge in [0.2, 0.25) is 0 Å². The molecule has 4 nitrogen and oxygen atoms in total. The zero-order valence-electron chi connectivity index (χ0n) is 14.1. The summed E-state index contributed by atoms with van der Waals surface area (Å²) in [6.07, 6.45) is 4.38. The number of thioether (sulfide) groups is 1. The number of halogens is 1. The Kier molecular flexibility index (Phi) is 7.24. The van der Waals surface area contributed by atoms with Gasteiger partial charge in [-0.1, -0.05) is 28.1 Å². The molecule has 1 aliphatic heterocycles. The van der Waals surface area contributed by atoms with Crippen LogP contribution < -0.4 is 5.32 Å². The summed E-state index contributed by atoms with van der Waals surface area (Å²) in [4.78, 5) is 6.60. The highest BCUT2D eigenvalue weighted by Gasteiger charge is 2.32. The van der Waals surface area contributed by atoms with Crippen LogP contribution in [0.2, 0.25) is 0 Å². The fourth-order valence-corrected chi connectivity index (χ4v) is 3.82. The van der Waals surface area contributed by atoms with Gasteiger partial charge < -0.3 is 15.0 Å². The van der Waals surface area contributed by atoms with Gasteiger partial charge in [-0.15, -0.1) is 0 Å². The summed E-state index contributed by atoms with van der Waals surface area (Å²) in [5.74, 6) is 0.938. The number of nitrogens with one attached hydrogen (secondary N) is 1. The van der Waals surface area contributed by atoms with E-state index in [4.69, 9.17) is 4.74 Å². The Balaban J connectivity index is 1.92. The van der Waals surface area contributed by atoms with Crippen LogP contribution >= 0.6 is 27.7 Å². The number of hydrogen-bond donors (Lipinski definition) is 1. The molecular weight excluding hydrogens is 374 g/mol. The average molecular weight is 400 g/mol. The number of benzene rings is 1. The molecule has 1 fully saturated rings. The van der Waals surface area contributed by atoms with Gasteiger partial charge in [-0.2, -0.15) is 11.8 Å². The van der Waals surface area contributed by atoms with Crippen molar-refractivity contribution in [2.45, 2.75) is 24.1 Å². The van der Waals surface area contributed by atoms with Gasteiger partial charge in [-0.25, -0.2) is 0 Å². The summed E-state index contributed by atoms with van der Waals surface area (Å²) in [6.45, 7) is 3.48. The lowest BCUT2D eigenvalue weighted by atomic mass is 9.99. The molecular formula is C17H26BrN3OS. The van der Waals surface area contributed by atoms with Gasteiger partial charge in [0.1, 0.15) is 0 Å². The third-order valence-electron chi connectivity index (χ3n) is 4.31. The smallest absolute Gasteiger partial charge is 0.193 e. The maximum atomic E-state index is 5.51. The quantitative estimate of drug-likeness (QED) is 0.608. The van der Waals surface area contributed by atoms with E-state index in [0.717, 1.165) is 49.6 Å². The molecule has 6 heteroatoms. The Hall–Kier alpha value is -0.720. The van der Waals surface area contributed by atoms with E-state index < -0.39 is 0 Å². The maximum absolute atomic E-state index is 5.51. The zero-order valence-corrected chi connectivity index (χ0v) is 16.5. The first kappa shape index (κ1) is 18.6. The average Bonchev–Trinajstić information content (AvgIpc) is 2.58. The number of guanidine groups is 1. The molecule has 0 unspecified atom stereocenters. The summed E-state index contributed by atoms with van der Waals surface area (Å²) in [5, 5.41) is 3.55. The van der Waals surface area contributed by atoms with Gasteiger partial charge in [0, 0.05) is 49.6 Å². The van der Waals surface area contributed by atoms with E-state index in [2.05, 4.69) is 68.7 Å². The zero-order chi connectivity index (χ0) is 16.7. The monoisotopic (exact) mass is 399 g/mol. The van der Waals surface area contributed by atoms with Gasteiger partial charge in [0.25, 0.3) is 0 Å². The van der Waals surface area contributed by atoms with Crippen LogP contribution in [0.3, 0.4) is 0 Å². The molecule has 1 aliphatic rings. The third-order valence-corrected chi connectivity index (χ3v) is 6.26. The van der Waals surface area contributed by atoms with Gasteiger partial charge in [0.05, 0.1) is 0 Å². The first-order valence-electron chi connectivity index (χ1n) is 7.88. The molecule has 23 heavy (non-hydrogen) atoms. The van der Waals surface area contributed by atoms with Gasteiger partial charge in [-0.05, 0) is 36.8 Å². The molecule has 2 rings (SSSR count). The van der Waals surface area contributed by atoms with E-state index in [9.17, 15) is 0 Å². The van der Waals surface area contributed by atoms with E-state index >= 15 is 0 Å². The Bertz CT molecular complexity index is 515. The number of aliphatic imine (C=N–C) groups is 1. The fraction of sp³-hybridized carbons (Fsp3) is 0.588. The second kappa shape index (κ2) is 8.94. The lowest BCUT2D eigenvalue weighted by molar-refractivity contribution is 0.0781. The predicted octanol–water partition coefficient (Wildman–Crippen LogP) is 3.37. The highest BCUT2D eigenvalue weighted by Crippen LogP contribution is 2.33. The molecule has 1 N–H and O–H groups in total. The first-order valence-corrected chi connectivity index (χ1v) is 9.89. The van der Waals surface area contributed by atoms with Crippen molar-refractivity contribution in [1.29, 1.82) is 0 Å². The molecule has 0 aliphatic carbocycles. The van der Waals surface area contributed by atoms with E-state index in [-0.39, 0.29) is 4.75 Å². The van der Waals surface area contributed by atoms with Crippen LogP contribution in [0.15, 0.2) is 33.7 Å². The van der Waals surface area contributed by atoms with Crippen LogP contribution in [0.25, 0.3) is 0 Å². The van der Waals surface area contributed by atoms with Gasteiger partial charge in [-0.3, -0.25) is 4.99 Å². The molecule has 1 heterocycles. The number of rotatable bonds is 5. The van der Waals surface area contributed by atoms with E-state index in [1.807, 2.05) is 18.8 Å². The topological polar surface area (TPSA) is 36.9 Å². The Labute approximate surface area is 152 Å². The van der Waals surface area contributed by atoms with Crippen molar-refractivity contribution < 1.29 is 4.74 Å². The van der Waals surface area contributed by atoms with Crippen molar-refractivity contribution in [3.63, 3.8) is 0 Å². The summed E-state index contributed by atoms with van der Waals surface area (Å²) in [6, 6.07) is 8.42. The second-order valence-electron chi connectivity index (χ2n) is 5.88. The van der Waals surface area contributed by atoms with Crippen LogP contribution in [0, 0.1) is 0 Å². The number of nitrogens with zero attached hydrogens (tertiary/aromatic N) is 2. The van der Waals surface area contributed by atoms with Gasteiger partial charge in [0.15, 0.2) is 5.96 Å². The van der Waals surface area contributed by atoms with Crippen molar-refractivity contribution in [3.05, 3.63) is 34.3 Å². The molecule has 0 radical (unpaired) electrons. The lowest BCUT2D eigenvalue weighted by Gasteiger charge is -2.37. The second-order valence-corrected chi connectivity index (χ2v) is 8.07. The highest BCUT2D eigenvalue weighted by atomic mass is 79.9. The molecule has 128 valence electrons. The van der Waals surface area contributed by atoms with Crippen molar-refractivity contribution in [1.82, 2.24) is 10.2 Å². The largest absolute Gasteiger partial charge is 0.381 e. The van der Waals surface area contributed by atoms with Gasteiger partial charge >= 0.3 is 0 Å². The fourth-order valence-electron chi connectivity index (χ4n) is 2.76. The minimum atomic E-state index is 0.257. The minimum absolute atomic E-state index is 0.257. The summed E-state index contributed by atoms with van der Waals surface area (Å²) >= 11 is 5.42. The van der Waals surface area contributed by atoms with Crippen molar-refractivity contribution in [3.8, 4) is 0 Å². The Morgan fingerprint density at radius 1 is 1.35 bits per heavy atom. The first-order chi connectivity index (χ1) is 11.1. The number of hydrogen-bond acceptors (Lipinski definition) is 3. The molecule has 0 saturated carbocycles. The van der Waals surface area contributed by atoms with Crippen molar-refractivity contribution in [2.24, 2.45) is 4.99 Å². The SMILES string of the molecule is CN=C(NCC1(SC)CCOCC1)N(C)Cc1ccc(Br)cc1. The lowest BCUT2D eigenvalue weighted by Crippen LogP contribution is -2.48. The van der Waals surface area contributed by atoms with Crippen LogP contribution in [-0.4, -0.2) is 55.7 Å². The summed E-state index contributed by atoms with van der Waals surface area (Å²) in [7, 11) is 3.92.